The molecule has 1 aliphatic heterocycles. The standard InChI is InChI=1S/C15H22N2S2/c18-15(16-12-6-2-1-3-7-12)17-10-4-8-13(17)14-9-5-11-19-14/h5,9,11-13H,1-4,6-8,10H2,(H,16,18)/t13-/m1/s1. The van der Waals surface area contributed by atoms with Crippen LogP contribution in [0.25, 0.3) is 0 Å². The molecule has 4 heteroatoms. The first kappa shape index (κ1) is 13.4. The third kappa shape index (κ3) is 3.11. The highest BCUT2D eigenvalue weighted by molar-refractivity contribution is 7.80. The summed E-state index contributed by atoms with van der Waals surface area (Å²) in [4.78, 5) is 3.88. The highest BCUT2D eigenvalue weighted by Gasteiger charge is 2.29. The Kier molecular flexibility index (Phi) is 4.38. The summed E-state index contributed by atoms with van der Waals surface area (Å²) in [6.07, 6.45) is 9.19. The average Bonchev–Trinajstić information content (AvgIpc) is 3.10. The maximum atomic E-state index is 5.67. The van der Waals surface area contributed by atoms with Crippen LogP contribution in [0.2, 0.25) is 0 Å². The third-order valence-corrected chi connectivity index (χ3v) is 5.64. The van der Waals surface area contributed by atoms with Gasteiger partial charge in [0.15, 0.2) is 5.11 Å². The lowest BCUT2D eigenvalue weighted by molar-refractivity contribution is 0.363. The summed E-state index contributed by atoms with van der Waals surface area (Å²) < 4.78 is 0. The van der Waals surface area contributed by atoms with Crippen LogP contribution >= 0.6 is 23.6 Å². The minimum absolute atomic E-state index is 0.517. The van der Waals surface area contributed by atoms with Gasteiger partial charge in [-0.2, -0.15) is 0 Å². The van der Waals surface area contributed by atoms with Gasteiger partial charge in [0.25, 0.3) is 0 Å². The maximum absolute atomic E-state index is 5.67. The van der Waals surface area contributed by atoms with Gasteiger partial charge < -0.3 is 10.2 Å². The van der Waals surface area contributed by atoms with E-state index >= 15 is 0 Å². The molecule has 2 fully saturated rings. The van der Waals surface area contributed by atoms with E-state index in [1.165, 1.54) is 49.8 Å². The van der Waals surface area contributed by atoms with Crippen molar-refractivity contribution in [1.82, 2.24) is 10.2 Å². The number of hydrogen-bond acceptors (Lipinski definition) is 2. The molecule has 2 aliphatic rings. The Morgan fingerprint density at radius 3 is 2.79 bits per heavy atom. The quantitative estimate of drug-likeness (QED) is 0.827. The summed E-state index contributed by atoms with van der Waals surface area (Å²) in [6, 6.07) is 5.53. The second-order valence-corrected chi connectivity index (χ2v) is 7.02. The first-order valence-electron chi connectivity index (χ1n) is 7.45. The van der Waals surface area contributed by atoms with Crippen LogP contribution in [0.15, 0.2) is 17.5 Å². The van der Waals surface area contributed by atoms with E-state index in [4.69, 9.17) is 12.2 Å². The molecule has 1 saturated carbocycles. The predicted molar refractivity (Wildman–Crippen MR) is 85.6 cm³/mol. The molecular weight excluding hydrogens is 272 g/mol. The molecule has 1 N–H and O–H groups in total. The van der Waals surface area contributed by atoms with Crippen LogP contribution in [0.1, 0.15) is 55.9 Å². The molecule has 2 heterocycles. The Bertz CT molecular complexity index is 410. The highest BCUT2D eigenvalue weighted by atomic mass is 32.1. The van der Waals surface area contributed by atoms with Gasteiger partial charge in [-0.1, -0.05) is 25.3 Å². The zero-order chi connectivity index (χ0) is 13.1. The van der Waals surface area contributed by atoms with Crippen LogP contribution in [0.3, 0.4) is 0 Å². The predicted octanol–water partition coefficient (Wildman–Crippen LogP) is 4.09. The molecule has 2 nitrogen and oxygen atoms in total. The van der Waals surface area contributed by atoms with Gasteiger partial charge in [0, 0.05) is 17.5 Å². The number of thiocarbonyl (C=S) groups is 1. The molecule has 0 spiro atoms. The molecule has 0 unspecified atom stereocenters. The van der Waals surface area contributed by atoms with Crippen LogP contribution in [0.5, 0.6) is 0 Å². The molecule has 1 atom stereocenters. The summed E-state index contributed by atoms with van der Waals surface area (Å²) in [5, 5.41) is 6.77. The summed E-state index contributed by atoms with van der Waals surface area (Å²) in [5.41, 5.74) is 0. The second-order valence-electron chi connectivity index (χ2n) is 5.65. The van der Waals surface area contributed by atoms with Gasteiger partial charge in [0.1, 0.15) is 0 Å². The van der Waals surface area contributed by atoms with Crippen molar-refractivity contribution in [3.8, 4) is 0 Å². The number of likely N-dealkylation sites (tertiary alicyclic amines) is 1. The molecule has 1 aromatic heterocycles. The second kappa shape index (κ2) is 6.23. The van der Waals surface area contributed by atoms with Crippen molar-refractivity contribution >= 4 is 28.7 Å². The van der Waals surface area contributed by atoms with E-state index in [2.05, 4.69) is 27.7 Å². The first-order valence-corrected chi connectivity index (χ1v) is 8.74. The van der Waals surface area contributed by atoms with E-state index in [-0.39, 0.29) is 0 Å². The molecule has 1 aliphatic carbocycles. The minimum atomic E-state index is 0.517. The van der Waals surface area contributed by atoms with Gasteiger partial charge >= 0.3 is 0 Å². The molecule has 0 amide bonds. The lowest BCUT2D eigenvalue weighted by Gasteiger charge is -2.31. The van der Waals surface area contributed by atoms with E-state index in [9.17, 15) is 0 Å². The summed E-state index contributed by atoms with van der Waals surface area (Å²) in [7, 11) is 0. The van der Waals surface area contributed by atoms with Crippen molar-refractivity contribution in [2.24, 2.45) is 0 Å². The third-order valence-electron chi connectivity index (χ3n) is 4.32. The largest absolute Gasteiger partial charge is 0.360 e. The molecule has 19 heavy (non-hydrogen) atoms. The maximum Gasteiger partial charge on any atom is 0.169 e. The zero-order valence-corrected chi connectivity index (χ0v) is 12.9. The van der Waals surface area contributed by atoms with Gasteiger partial charge in [-0.3, -0.25) is 0 Å². The average molecular weight is 294 g/mol. The van der Waals surface area contributed by atoms with E-state index in [0.717, 1.165) is 11.7 Å². The fraction of sp³-hybridized carbons (Fsp3) is 0.667. The van der Waals surface area contributed by atoms with Crippen molar-refractivity contribution in [3.05, 3.63) is 22.4 Å². The topological polar surface area (TPSA) is 15.3 Å². The molecule has 0 radical (unpaired) electrons. The van der Waals surface area contributed by atoms with Crippen LogP contribution in [0.4, 0.5) is 0 Å². The summed E-state index contributed by atoms with van der Waals surface area (Å²) >= 11 is 7.52. The van der Waals surface area contributed by atoms with Gasteiger partial charge in [0.2, 0.25) is 0 Å². The van der Waals surface area contributed by atoms with Gasteiger partial charge in [0.05, 0.1) is 6.04 Å². The normalized spacial score (nSPS) is 24.6. The first-order chi connectivity index (χ1) is 9.34. The van der Waals surface area contributed by atoms with Crippen LogP contribution < -0.4 is 5.32 Å². The molecular formula is C15H22N2S2. The van der Waals surface area contributed by atoms with Crippen LogP contribution in [0, 0.1) is 0 Å². The summed E-state index contributed by atoms with van der Waals surface area (Å²) in [5.74, 6) is 0. The van der Waals surface area contributed by atoms with Crippen LogP contribution in [-0.4, -0.2) is 22.6 Å². The van der Waals surface area contributed by atoms with Crippen molar-refractivity contribution < 1.29 is 0 Å². The van der Waals surface area contributed by atoms with Crippen molar-refractivity contribution in [2.75, 3.05) is 6.54 Å². The molecule has 1 aromatic rings. The minimum Gasteiger partial charge on any atom is -0.360 e. The Balaban J connectivity index is 1.62. The van der Waals surface area contributed by atoms with Crippen LogP contribution in [-0.2, 0) is 0 Å². The fourth-order valence-corrected chi connectivity index (χ4v) is 4.55. The van der Waals surface area contributed by atoms with Gasteiger partial charge in [-0.15, -0.1) is 11.3 Å². The Morgan fingerprint density at radius 2 is 2.05 bits per heavy atom. The number of rotatable bonds is 2. The number of thiophene rings is 1. The molecule has 0 bridgehead atoms. The van der Waals surface area contributed by atoms with E-state index in [0.29, 0.717) is 12.1 Å². The van der Waals surface area contributed by atoms with E-state index < -0.39 is 0 Å². The Labute approximate surface area is 125 Å². The van der Waals surface area contributed by atoms with E-state index in [1.807, 2.05) is 11.3 Å². The summed E-state index contributed by atoms with van der Waals surface area (Å²) in [6.45, 7) is 1.11. The van der Waals surface area contributed by atoms with Crippen molar-refractivity contribution in [1.29, 1.82) is 0 Å². The van der Waals surface area contributed by atoms with Crippen molar-refractivity contribution in [2.45, 2.75) is 57.0 Å². The fourth-order valence-electron chi connectivity index (χ4n) is 3.29. The lowest BCUT2D eigenvalue weighted by Crippen LogP contribution is -2.44. The molecule has 3 rings (SSSR count). The Hall–Kier alpha value is -0.610. The van der Waals surface area contributed by atoms with Gasteiger partial charge in [-0.25, -0.2) is 0 Å². The smallest absolute Gasteiger partial charge is 0.169 e. The van der Waals surface area contributed by atoms with Crippen molar-refractivity contribution in [3.63, 3.8) is 0 Å². The number of hydrogen-bond donors (Lipinski definition) is 1. The monoisotopic (exact) mass is 294 g/mol. The van der Waals surface area contributed by atoms with Gasteiger partial charge in [-0.05, 0) is 49.3 Å². The SMILES string of the molecule is S=C(NC1CCCCC1)N1CCC[C@@H]1c1cccs1. The Morgan fingerprint density at radius 1 is 1.21 bits per heavy atom. The zero-order valence-electron chi connectivity index (χ0n) is 11.3. The molecule has 0 aromatic carbocycles. The van der Waals surface area contributed by atoms with E-state index in [1.54, 1.807) is 0 Å². The highest BCUT2D eigenvalue weighted by Crippen LogP contribution is 2.34. The molecule has 1 saturated heterocycles. The number of nitrogens with one attached hydrogen (secondary N) is 1. The molecule has 104 valence electrons. The lowest BCUT2D eigenvalue weighted by atomic mass is 9.96. The number of nitrogens with zero attached hydrogens (tertiary/aromatic N) is 1.